The van der Waals surface area contributed by atoms with E-state index in [1.165, 1.54) is 5.69 Å². The molecule has 0 spiro atoms. The van der Waals surface area contributed by atoms with Gasteiger partial charge in [0.15, 0.2) is 0 Å². The van der Waals surface area contributed by atoms with Crippen molar-refractivity contribution < 1.29 is 4.79 Å². The molecule has 2 N–H and O–H groups in total. The predicted octanol–water partition coefficient (Wildman–Crippen LogP) is 3.56. The first-order chi connectivity index (χ1) is 11.3. The van der Waals surface area contributed by atoms with Gasteiger partial charge in [-0.25, -0.2) is 4.79 Å². The Morgan fingerprint density at radius 1 is 1.29 bits per heavy atom. The molecule has 2 amide bonds. The average Bonchev–Trinajstić information content (AvgIpc) is 3.03. The number of urea groups is 1. The molecular weight excluding hydrogens is 302 g/mol. The minimum absolute atomic E-state index is 0.0978. The van der Waals surface area contributed by atoms with Crippen LogP contribution in [0.1, 0.15) is 50.3 Å². The van der Waals surface area contributed by atoms with E-state index in [-0.39, 0.29) is 18.1 Å². The zero-order valence-electron chi connectivity index (χ0n) is 15.6. The van der Waals surface area contributed by atoms with Gasteiger partial charge in [0, 0.05) is 31.0 Å². The van der Waals surface area contributed by atoms with Crippen molar-refractivity contribution in [3.63, 3.8) is 0 Å². The van der Waals surface area contributed by atoms with E-state index in [1.54, 1.807) is 0 Å². The zero-order valence-corrected chi connectivity index (χ0v) is 15.6. The van der Waals surface area contributed by atoms with Crippen LogP contribution in [0.3, 0.4) is 0 Å². The van der Waals surface area contributed by atoms with Crippen molar-refractivity contribution in [2.75, 3.05) is 5.32 Å². The molecule has 0 fully saturated rings. The number of carbonyl (C=O) groups is 1. The van der Waals surface area contributed by atoms with Crippen LogP contribution < -0.4 is 10.6 Å². The fraction of sp³-hybridized carbons (Fsp3) is 0.556. The smallest absolute Gasteiger partial charge is 0.319 e. The molecule has 2 heterocycles. The van der Waals surface area contributed by atoms with E-state index in [0.717, 1.165) is 29.9 Å². The molecule has 0 saturated carbocycles. The third kappa shape index (κ3) is 4.19. The first kappa shape index (κ1) is 18.1. The monoisotopic (exact) mass is 331 g/mol. The van der Waals surface area contributed by atoms with E-state index in [1.807, 2.05) is 44.8 Å². The number of rotatable bonds is 6. The standard InChI is InChI=1S/C18H29N5O/c1-12(2)23-15(5)17(14(4)21-23)20-18(24)19-13(3)9-10-16-8-7-11-22(16)6/h7-8,11-13H,9-10H2,1-6H3,(H2,19,20,24). The zero-order chi connectivity index (χ0) is 17.9. The van der Waals surface area contributed by atoms with Crippen molar-refractivity contribution in [3.05, 3.63) is 35.4 Å². The van der Waals surface area contributed by atoms with Gasteiger partial charge in [0.25, 0.3) is 0 Å². The van der Waals surface area contributed by atoms with Crippen LogP contribution in [0.25, 0.3) is 0 Å². The molecule has 6 nitrogen and oxygen atoms in total. The molecular formula is C18H29N5O. The number of nitrogens with zero attached hydrogens (tertiary/aromatic N) is 3. The van der Waals surface area contributed by atoms with Gasteiger partial charge in [-0.2, -0.15) is 5.10 Å². The Morgan fingerprint density at radius 3 is 2.54 bits per heavy atom. The van der Waals surface area contributed by atoms with E-state index in [2.05, 4.69) is 40.2 Å². The fourth-order valence-electron chi connectivity index (χ4n) is 2.91. The number of aromatic nitrogens is 3. The predicted molar refractivity (Wildman–Crippen MR) is 97.4 cm³/mol. The normalized spacial score (nSPS) is 12.5. The van der Waals surface area contributed by atoms with Crippen molar-refractivity contribution in [3.8, 4) is 0 Å². The Hall–Kier alpha value is -2.24. The maximum Gasteiger partial charge on any atom is 0.319 e. The highest BCUT2D eigenvalue weighted by atomic mass is 16.2. The van der Waals surface area contributed by atoms with Gasteiger partial charge in [-0.3, -0.25) is 4.68 Å². The molecule has 0 aliphatic heterocycles. The minimum atomic E-state index is -0.177. The maximum absolute atomic E-state index is 12.3. The molecule has 0 aliphatic rings. The Morgan fingerprint density at radius 2 is 2.00 bits per heavy atom. The number of nitrogens with one attached hydrogen (secondary N) is 2. The van der Waals surface area contributed by atoms with Crippen LogP contribution >= 0.6 is 0 Å². The third-order valence-electron chi connectivity index (χ3n) is 4.31. The highest BCUT2D eigenvalue weighted by Gasteiger charge is 2.16. The van der Waals surface area contributed by atoms with Gasteiger partial charge in [-0.05, 0) is 59.6 Å². The summed E-state index contributed by atoms with van der Waals surface area (Å²) in [5.41, 5.74) is 3.90. The van der Waals surface area contributed by atoms with Gasteiger partial charge in [0.1, 0.15) is 0 Å². The second-order valence-electron chi connectivity index (χ2n) is 6.73. The summed E-state index contributed by atoms with van der Waals surface area (Å²) in [4.78, 5) is 12.3. The molecule has 6 heteroatoms. The largest absolute Gasteiger partial charge is 0.354 e. The van der Waals surface area contributed by atoms with Gasteiger partial charge >= 0.3 is 6.03 Å². The first-order valence-electron chi connectivity index (χ1n) is 8.53. The summed E-state index contributed by atoms with van der Waals surface area (Å²) in [5.74, 6) is 0. The van der Waals surface area contributed by atoms with Crippen molar-refractivity contribution in [1.82, 2.24) is 19.7 Å². The SMILES string of the molecule is Cc1nn(C(C)C)c(C)c1NC(=O)NC(C)CCc1cccn1C. The Balaban J connectivity index is 1.90. The summed E-state index contributed by atoms with van der Waals surface area (Å²) >= 11 is 0. The molecule has 24 heavy (non-hydrogen) atoms. The summed E-state index contributed by atoms with van der Waals surface area (Å²) in [6, 6.07) is 4.34. The second-order valence-corrected chi connectivity index (χ2v) is 6.73. The van der Waals surface area contributed by atoms with Gasteiger partial charge < -0.3 is 15.2 Å². The molecule has 0 aliphatic carbocycles. The molecule has 2 aromatic heterocycles. The Kier molecular flexibility index (Phi) is 5.70. The molecule has 0 bridgehead atoms. The van der Waals surface area contributed by atoms with Crippen molar-refractivity contribution in [2.45, 2.75) is 59.5 Å². The first-order valence-corrected chi connectivity index (χ1v) is 8.53. The fourth-order valence-corrected chi connectivity index (χ4v) is 2.91. The number of anilines is 1. The van der Waals surface area contributed by atoms with Crippen molar-refractivity contribution in [1.29, 1.82) is 0 Å². The molecule has 2 aromatic rings. The minimum Gasteiger partial charge on any atom is -0.354 e. The van der Waals surface area contributed by atoms with E-state index < -0.39 is 0 Å². The number of aryl methyl sites for hydroxylation is 3. The van der Waals surface area contributed by atoms with Gasteiger partial charge in [-0.15, -0.1) is 0 Å². The average molecular weight is 331 g/mol. The lowest BCUT2D eigenvalue weighted by Crippen LogP contribution is -2.36. The van der Waals surface area contributed by atoms with Crippen LogP contribution in [-0.4, -0.2) is 26.4 Å². The molecule has 0 radical (unpaired) electrons. The van der Waals surface area contributed by atoms with Gasteiger partial charge in [0.05, 0.1) is 17.1 Å². The quantitative estimate of drug-likeness (QED) is 0.850. The summed E-state index contributed by atoms with van der Waals surface area (Å²) in [6.07, 6.45) is 3.88. The molecule has 132 valence electrons. The summed E-state index contributed by atoms with van der Waals surface area (Å²) in [6.45, 7) is 10.1. The highest BCUT2D eigenvalue weighted by molar-refractivity contribution is 5.90. The van der Waals surface area contributed by atoms with Crippen LogP contribution in [0, 0.1) is 13.8 Å². The van der Waals surface area contributed by atoms with Crippen LogP contribution in [-0.2, 0) is 13.5 Å². The highest BCUT2D eigenvalue weighted by Crippen LogP contribution is 2.22. The van der Waals surface area contributed by atoms with Crippen LogP contribution in [0.2, 0.25) is 0 Å². The van der Waals surface area contributed by atoms with Crippen LogP contribution in [0.15, 0.2) is 18.3 Å². The Bertz CT molecular complexity index is 698. The molecule has 2 rings (SSSR count). The van der Waals surface area contributed by atoms with Crippen molar-refractivity contribution in [2.24, 2.45) is 7.05 Å². The lowest BCUT2D eigenvalue weighted by atomic mass is 10.1. The van der Waals surface area contributed by atoms with Crippen LogP contribution in [0.4, 0.5) is 10.5 Å². The molecule has 1 unspecified atom stereocenters. The lowest BCUT2D eigenvalue weighted by Gasteiger charge is -2.15. The number of carbonyl (C=O) groups excluding carboxylic acids is 1. The third-order valence-corrected chi connectivity index (χ3v) is 4.31. The van der Waals surface area contributed by atoms with E-state index in [4.69, 9.17) is 0 Å². The number of hydrogen-bond acceptors (Lipinski definition) is 2. The summed E-state index contributed by atoms with van der Waals surface area (Å²) in [7, 11) is 2.04. The Labute approximate surface area is 144 Å². The summed E-state index contributed by atoms with van der Waals surface area (Å²) < 4.78 is 4.05. The van der Waals surface area contributed by atoms with Crippen molar-refractivity contribution >= 4 is 11.7 Å². The van der Waals surface area contributed by atoms with Gasteiger partial charge in [0.2, 0.25) is 0 Å². The van der Waals surface area contributed by atoms with E-state index in [0.29, 0.717) is 0 Å². The topological polar surface area (TPSA) is 63.9 Å². The number of hydrogen-bond donors (Lipinski definition) is 2. The van der Waals surface area contributed by atoms with Gasteiger partial charge in [-0.1, -0.05) is 0 Å². The van der Waals surface area contributed by atoms with E-state index in [9.17, 15) is 4.79 Å². The summed E-state index contributed by atoms with van der Waals surface area (Å²) in [5, 5.41) is 10.5. The van der Waals surface area contributed by atoms with E-state index >= 15 is 0 Å². The maximum atomic E-state index is 12.3. The molecule has 0 aromatic carbocycles. The van der Waals surface area contributed by atoms with Crippen LogP contribution in [0.5, 0.6) is 0 Å². The lowest BCUT2D eigenvalue weighted by molar-refractivity contribution is 0.248. The second kappa shape index (κ2) is 7.55. The molecule has 1 atom stereocenters. The number of amides is 2. The molecule has 0 saturated heterocycles.